The van der Waals surface area contributed by atoms with E-state index in [0.29, 0.717) is 13.0 Å². The van der Waals surface area contributed by atoms with Gasteiger partial charge in [-0.3, -0.25) is 9.52 Å². The summed E-state index contributed by atoms with van der Waals surface area (Å²) in [5.41, 5.74) is 0. The lowest BCUT2D eigenvalue weighted by atomic mass is 10.0. The third kappa shape index (κ3) is 4.65. The van der Waals surface area contributed by atoms with Crippen LogP contribution in [0.3, 0.4) is 0 Å². The summed E-state index contributed by atoms with van der Waals surface area (Å²) in [5, 5.41) is 7.71. The molecule has 2 heterocycles. The van der Waals surface area contributed by atoms with Gasteiger partial charge in [0.05, 0.1) is 19.6 Å². The third-order valence-corrected chi connectivity index (χ3v) is 3.98. The molecule has 1 amide bonds. The first kappa shape index (κ1) is 17.2. The number of carbonyl (C=O) groups excluding carboxylic acids is 2. The lowest BCUT2D eigenvalue weighted by Crippen LogP contribution is -2.49. The van der Waals surface area contributed by atoms with Crippen LogP contribution < -0.4 is 4.72 Å². The lowest BCUT2D eigenvalue weighted by molar-refractivity contribution is -0.155. The van der Waals surface area contributed by atoms with Crippen LogP contribution in [0.5, 0.6) is 0 Å². The molecule has 11 heteroatoms. The lowest BCUT2D eigenvalue weighted by Gasteiger charge is -2.33. The Morgan fingerprint density at radius 1 is 1.43 bits per heavy atom. The number of esters is 1. The predicted molar refractivity (Wildman–Crippen MR) is 79.9 cm³/mol. The van der Waals surface area contributed by atoms with Gasteiger partial charge >= 0.3 is 5.97 Å². The van der Waals surface area contributed by atoms with E-state index in [0.717, 1.165) is 23.9 Å². The van der Waals surface area contributed by atoms with Crippen LogP contribution >= 0.6 is 0 Å². The van der Waals surface area contributed by atoms with Crippen LogP contribution in [0.15, 0.2) is 6.20 Å². The summed E-state index contributed by atoms with van der Waals surface area (Å²) in [5.74, 6) is -0.726. The molecule has 0 radical (unpaired) electrons. The maximum Gasteiger partial charge on any atom is 0.328 e. The van der Waals surface area contributed by atoms with Gasteiger partial charge in [0.1, 0.15) is 12.6 Å². The standard InChI is InChI=1S/C12H19N5O5S/c1-22-12(19)9-5-3-4-6-16(9)11(18)8-17-13-7-10(14-17)15-23(2,20)21/h7,9H,3-6,8H2,1-2H3,(H,14,15). The number of amides is 1. The van der Waals surface area contributed by atoms with Gasteiger partial charge in [0.2, 0.25) is 15.9 Å². The first-order valence-corrected chi connectivity index (χ1v) is 8.94. The fourth-order valence-corrected chi connectivity index (χ4v) is 2.91. The Balaban J connectivity index is 2.04. The molecule has 0 saturated carbocycles. The quantitative estimate of drug-likeness (QED) is 0.693. The molecule has 1 aromatic rings. The molecule has 1 unspecified atom stereocenters. The molecule has 0 aromatic carbocycles. The number of aromatic nitrogens is 3. The summed E-state index contributed by atoms with van der Waals surface area (Å²) in [4.78, 5) is 26.7. The van der Waals surface area contributed by atoms with Crippen molar-refractivity contribution in [2.24, 2.45) is 0 Å². The van der Waals surface area contributed by atoms with Crippen molar-refractivity contribution < 1.29 is 22.7 Å². The molecule has 10 nitrogen and oxygen atoms in total. The average molecular weight is 345 g/mol. The van der Waals surface area contributed by atoms with E-state index in [4.69, 9.17) is 4.74 Å². The fourth-order valence-electron chi connectivity index (χ4n) is 2.43. The molecule has 1 aliphatic rings. The van der Waals surface area contributed by atoms with E-state index in [-0.39, 0.29) is 18.3 Å². The zero-order valence-electron chi connectivity index (χ0n) is 12.9. The van der Waals surface area contributed by atoms with Gasteiger partial charge in [-0.15, -0.1) is 5.10 Å². The van der Waals surface area contributed by atoms with E-state index < -0.39 is 22.0 Å². The minimum atomic E-state index is -3.46. The number of ether oxygens (including phenoxy) is 1. The topological polar surface area (TPSA) is 123 Å². The van der Waals surface area contributed by atoms with Crippen molar-refractivity contribution in [3.63, 3.8) is 0 Å². The molecule has 1 aromatic heterocycles. The Bertz CT molecular complexity index is 686. The van der Waals surface area contributed by atoms with E-state index in [2.05, 4.69) is 14.9 Å². The second-order valence-electron chi connectivity index (χ2n) is 5.26. The van der Waals surface area contributed by atoms with Gasteiger partial charge in [0, 0.05) is 6.54 Å². The molecule has 0 bridgehead atoms. The smallest absolute Gasteiger partial charge is 0.328 e. The van der Waals surface area contributed by atoms with E-state index >= 15 is 0 Å². The molecule has 1 saturated heterocycles. The molecule has 1 atom stereocenters. The number of rotatable bonds is 5. The van der Waals surface area contributed by atoms with Crippen molar-refractivity contribution >= 4 is 27.7 Å². The number of sulfonamides is 1. The van der Waals surface area contributed by atoms with Crippen LogP contribution in [0.4, 0.5) is 5.82 Å². The minimum absolute atomic E-state index is 0.0310. The van der Waals surface area contributed by atoms with Gasteiger partial charge in [-0.05, 0) is 19.3 Å². The highest BCUT2D eigenvalue weighted by atomic mass is 32.2. The van der Waals surface area contributed by atoms with E-state index in [1.807, 2.05) is 0 Å². The van der Waals surface area contributed by atoms with Crippen LogP contribution in [0.2, 0.25) is 0 Å². The van der Waals surface area contributed by atoms with Gasteiger partial charge in [0.25, 0.3) is 0 Å². The summed E-state index contributed by atoms with van der Waals surface area (Å²) >= 11 is 0. The second-order valence-corrected chi connectivity index (χ2v) is 7.00. The molecule has 23 heavy (non-hydrogen) atoms. The molecule has 1 N–H and O–H groups in total. The number of carbonyl (C=O) groups is 2. The zero-order chi connectivity index (χ0) is 17.0. The number of hydrogen-bond acceptors (Lipinski definition) is 7. The monoisotopic (exact) mass is 345 g/mol. The maximum atomic E-state index is 12.4. The zero-order valence-corrected chi connectivity index (χ0v) is 13.7. The molecule has 1 fully saturated rings. The van der Waals surface area contributed by atoms with Crippen molar-refractivity contribution in [1.29, 1.82) is 0 Å². The molecule has 0 spiro atoms. The van der Waals surface area contributed by atoms with Crippen molar-refractivity contribution in [1.82, 2.24) is 19.9 Å². The number of nitrogens with zero attached hydrogens (tertiary/aromatic N) is 4. The SMILES string of the molecule is COC(=O)C1CCCCN1C(=O)Cn1ncc(NS(C)(=O)=O)n1. The van der Waals surface area contributed by atoms with Crippen molar-refractivity contribution in [2.75, 3.05) is 24.6 Å². The van der Waals surface area contributed by atoms with Crippen LogP contribution in [0, 0.1) is 0 Å². The molecule has 128 valence electrons. The number of piperidine rings is 1. The van der Waals surface area contributed by atoms with Crippen LogP contribution in [-0.2, 0) is 30.9 Å². The van der Waals surface area contributed by atoms with Crippen LogP contribution in [-0.4, -0.2) is 66.1 Å². The van der Waals surface area contributed by atoms with Crippen LogP contribution in [0.25, 0.3) is 0 Å². The molecule has 2 rings (SSSR count). The first-order valence-electron chi connectivity index (χ1n) is 7.05. The summed E-state index contributed by atoms with van der Waals surface area (Å²) in [6, 6.07) is -0.592. The van der Waals surface area contributed by atoms with E-state index in [1.54, 1.807) is 0 Å². The average Bonchev–Trinajstić information content (AvgIpc) is 2.91. The van der Waals surface area contributed by atoms with Crippen molar-refractivity contribution in [3.05, 3.63) is 6.20 Å². The predicted octanol–water partition coefficient (Wildman–Crippen LogP) is -0.796. The molecule has 0 aliphatic carbocycles. The normalized spacial score (nSPS) is 18.5. The van der Waals surface area contributed by atoms with E-state index in [9.17, 15) is 18.0 Å². The highest BCUT2D eigenvalue weighted by Crippen LogP contribution is 2.18. The van der Waals surface area contributed by atoms with Crippen LogP contribution in [0.1, 0.15) is 19.3 Å². The third-order valence-electron chi connectivity index (χ3n) is 3.40. The van der Waals surface area contributed by atoms with Gasteiger partial charge in [-0.1, -0.05) is 0 Å². The summed E-state index contributed by atoms with van der Waals surface area (Å²) in [6.45, 7) is 0.285. The van der Waals surface area contributed by atoms with Crippen molar-refractivity contribution in [2.45, 2.75) is 31.8 Å². The number of anilines is 1. The molecular formula is C12H19N5O5S. The van der Waals surface area contributed by atoms with Gasteiger partial charge < -0.3 is 9.64 Å². The van der Waals surface area contributed by atoms with Gasteiger partial charge in [-0.25, -0.2) is 13.2 Å². The summed E-state index contributed by atoms with van der Waals surface area (Å²) < 4.78 is 29.1. The highest BCUT2D eigenvalue weighted by Gasteiger charge is 2.33. The Labute approximate surface area is 133 Å². The Morgan fingerprint density at radius 2 is 2.17 bits per heavy atom. The second kappa shape index (κ2) is 6.94. The summed E-state index contributed by atoms with van der Waals surface area (Å²) in [7, 11) is -2.17. The largest absolute Gasteiger partial charge is 0.467 e. The van der Waals surface area contributed by atoms with E-state index in [1.165, 1.54) is 18.2 Å². The molecule has 1 aliphatic heterocycles. The number of likely N-dealkylation sites (tertiary alicyclic amines) is 1. The fraction of sp³-hybridized carbons (Fsp3) is 0.667. The van der Waals surface area contributed by atoms with Gasteiger partial charge in [-0.2, -0.15) is 9.90 Å². The Morgan fingerprint density at radius 3 is 2.83 bits per heavy atom. The van der Waals surface area contributed by atoms with Crippen molar-refractivity contribution in [3.8, 4) is 0 Å². The molecular weight excluding hydrogens is 326 g/mol. The number of nitrogens with one attached hydrogen (secondary N) is 1. The summed E-state index contributed by atoms with van der Waals surface area (Å²) in [6.07, 6.45) is 4.43. The Kier molecular flexibility index (Phi) is 5.19. The maximum absolute atomic E-state index is 12.4. The first-order chi connectivity index (χ1) is 10.8. The Hall–Kier alpha value is -2.17. The number of hydrogen-bond donors (Lipinski definition) is 1. The van der Waals surface area contributed by atoms with Gasteiger partial charge in [0.15, 0.2) is 5.82 Å². The highest BCUT2D eigenvalue weighted by molar-refractivity contribution is 7.92. The minimum Gasteiger partial charge on any atom is -0.467 e. The number of methoxy groups -OCH3 is 1.